The Kier molecular flexibility index (Phi) is 7.23. The van der Waals surface area contributed by atoms with Crippen molar-refractivity contribution >= 4 is 36.7 Å². The topological polar surface area (TPSA) is 111 Å². The van der Waals surface area contributed by atoms with Crippen molar-refractivity contribution in [2.24, 2.45) is 0 Å². The van der Waals surface area contributed by atoms with Gasteiger partial charge in [-0.2, -0.15) is 3.71 Å². The van der Waals surface area contributed by atoms with E-state index in [9.17, 15) is 21.6 Å². The first-order valence-corrected chi connectivity index (χ1v) is 15.5. The van der Waals surface area contributed by atoms with Crippen LogP contribution in [0.3, 0.4) is 0 Å². The molecule has 0 bridgehead atoms. The molecular formula is C31H27NO7S2. The number of fused-ring (bicyclic) bond motifs is 1. The van der Waals surface area contributed by atoms with Gasteiger partial charge in [-0.1, -0.05) is 59.7 Å². The number of hydrogen-bond donors (Lipinski definition) is 0. The van der Waals surface area contributed by atoms with Crippen LogP contribution in [0.25, 0.3) is 22.1 Å². The first kappa shape index (κ1) is 28.1. The van der Waals surface area contributed by atoms with Crippen LogP contribution in [0.4, 0.5) is 5.69 Å². The minimum Gasteiger partial charge on any atom is -0.493 e. The summed E-state index contributed by atoms with van der Waals surface area (Å²) in [5, 5.41) is 0.278. The molecule has 0 saturated carbocycles. The lowest BCUT2D eigenvalue weighted by atomic mass is 10.0. The summed E-state index contributed by atoms with van der Waals surface area (Å²) in [6, 6.07) is 23.2. The third kappa shape index (κ3) is 5.12. The first-order valence-electron chi connectivity index (χ1n) is 12.6. The Bertz CT molecular complexity index is 1970. The van der Waals surface area contributed by atoms with Crippen LogP contribution in [0.1, 0.15) is 16.7 Å². The Labute approximate surface area is 238 Å². The molecule has 1 heterocycles. The van der Waals surface area contributed by atoms with Crippen LogP contribution < -0.4 is 14.1 Å². The van der Waals surface area contributed by atoms with Crippen LogP contribution in [-0.2, 0) is 20.0 Å². The summed E-state index contributed by atoms with van der Waals surface area (Å²) >= 11 is 0. The van der Waals surface area contributed by atoms with Gasteiger partial charge in [-0.15, -0.1) is 0 Å². The van der Waals surface area contributed by atoms with Gasteiger partial charge in [-0.3, -0.25) is 0 Å². The molecular weight excluding hydrogens is 562 g/mol. The SMILES string of the molecule is COc1cc(N(S(=O)(=O)c2ccc(C)cc2)S(=O)(=O)c2ccc(C)cc2)cc2cc(-c3ccccc3C)c(=O)oc12. The average molecular weight is 590 g/mol. The van der Waals surface area contributed by atoms with Gasteiger partial charge < -0.3 is 9.15 Å². The van der Waals surface area contributed by atoms with Crippen molar-refractivity contribution < 1.29 is 26.0 Å². The zero-order chi connectivity index (χ0) is 29.5. The van der Waals surface area contributed by atoms with Gasteiger partial charge in [0.2, 0.25) is 0 Å². The van der Waals surface area contributed by atoms with Crippen LogP contribution in [0.5, 0.6) is 5.75 Å². The lowest BCUT2D eigenvalue weighted by molar-refractivity contribution is 0.407. The molecule has 1 aromatic heterocycles. The monoisotopic (exact) mass is 589 g/mol. The summed E-state index contributed by atoms with van der Waals surface area (Å²) in [6.07, 6.45) is 0. The van der Waals surface area contributed by atoms with Gasteiger partial charge in [0.05, 0.1) is 28.2 Å². The maximum atomic E-state index is 14.1. The van der Waals surface area contributed by atoms with Crippen molar-refractivity contribution in [2.45, 2.75) is 30.6 Å². The molecule has 0 spiro atoms. The summed E-state index contributed by atoms with van der Waals surface area (Å²) in [4.78, 5) is 12.6. The van der Waals surface area contributed by atoms with Gasteiger partial charge in [0.25, 0.3) is 20.0 Å². The van der Waals surface area contributed by atoms with E-state index in [4.69, 9.17) is 9.15 Å². The number of nitrogens with zero attached hydrogens (tertiary/aromatic N) is 1. The van der Waals surface area contributed by atoms with E-state index < -0.39 is 25.7 Å². The molecule has 5 aromatic rings. The molecule has 10 heteroatoms. The Hall–Kier alpha value is -4.41. The van der Waals surface area contributed by atoms with Gasteiger partial charge in [0.1, 0.15) is 0 Å². The fraction of sp³-hybridized carbons (Fsp3) is 0.129. The number of benzene rings is 4. The van der Waals surface area contributed by atoms with Crippen LogP contribution in [0.15, 0.2) is 110 Å². The molecule has 0 aliphatic heterocycles. The maximum absolute atomic E-state index is 14.1. The van der Waals surface area contributed by atoms with Crippen LogP contribution in [-0.4, -0.2) is 23.9 Å². The fourth-order valence-corrected chi connectivity index (χ4v) is 8.18. The molecule has 0 aliphatic carbocycles. The second-order valence-electron chi connectivity index (χ2n) is 9.66. The highest BCUT2D eigenvalue weighted by molar-refractivity contribution is 8.10. The molecule has 0 saturated heterocycles. The summed E-state index contributed by atoms with van der Waals surface area (Å²) in [7, 11) is -8.00. The molecule has 0 unspecified atom stereocenters. The predicted octanol–water partition coefficient (Wildman–Crippen LogP) is 5.98. The minimum atomic E-state index is -4.66. The molecule has 0 amide bonds. The highest BCUT2D eigenvalue weighted by Crippen LogP contribution is 2.38. The molecule has 0 N–H and O–H groups in total. The number of sulfonamides is 2. The summed E-state index contributed by atoms with van der Waals surface area (Å²) < 4.78 is 67.8. The summed E-state index contributed by atoms with van der Waals surface area (Å²) in [5.41, 5.74) is 2.54. The van der Waals surface area contributed by atoms with Crippen LogP contribution >= 0.6 is 0 Å². The quantitative estimate of drug-likeness (QED) is 0.215. The average Bonchev–Trinajstić information content (AvgIpc) is 2.93. The molecule has 4 aromatic carbocycles. The normalized spacial score (nSPS) is 11.9. The van der Waals surface area contributed by atoms with Crippen molar-refractivity contribution in [1.29, 1.82) is 0 Å². The number of anilines is 1. The lowest BCUT2D eigenvalue weighted by Crippen LogP contribution is -2.37. The fourth-order valence-electron chi connectivity index (χ4n) is 4.53. The van der Waals surface area contributed by atoms with Crippen LogP contribution in [0.2, 0.25) is 0 Å². The smallest absolute Gasteiger partial charge is 0.344 e. The molecule has 0 fully saturated rings. The van der Waals surface area contributed by atoms with Gasteiger partial charge in [0, 0.05) is 11.5 Å². The molecule has 0 radical (unpaired) electrons. The van der Waals surface area contributed by atoms with Crippen molar-refractivity contribution in [3.63, 3.8) is 0 Å². The number of ether oxygens (including phenoxy) is 1. The molecule has 5 rings (SSSR count). The van der Waals surface area contributed by atoms with E-state index in [0.29, 0.717) is 9.27 Å². The van der Waals surface area contributed by atoms with E-state index in [0.717, 1.165) is 16.7 Å². The Balaban J connectivity index is 1.82. The molecule has 0 atom stereocenters. The highest BCUT2D eigenvalue weighted by Gasteiger charge is 2.38. The molecule has 8 nitrogen and oxygen atoms in total. The third-order valence-corrected chi connectivity index (χ3v) is 10.9. The Morgan fingerprint density at radius 1 is 0.683 bits per heavy atom. The van der Waals surface area contributed by atoms with Crippen molar-refractivity contribution in [3.05, 3.63) is 118 Å². The number of methoxy groups -OCH3 is 1. The van der Waals surface area contributed by atoms with Crippen molar-refractivity contribution in [1.82, 2.24) is 0 Å². The van der Waals surface area contributed by atoms with E-state index in [1.54, 1.807) is 56.3 Å². The molecule has 210 valence electrons. The zero-order valence-corrected chi connectivity index (χ0v) is 24.4. The Morgan fingerprint density at radius 2 is 1.22 bits per heavy atom. The van der Waals surface area contributed by atoms with Crippen LogP contribution in [0, 0.1) is 20.8 Å². The van der Waals surface area contributed by atoms with E-state index >= 15 is 0 Å². The van der Waals surface area contributed by atoms with Gasteiger partial charge in [-0.25, -0.2) is 21.6 Å². The number of rotatable bonds is 7. The molecule has 41 heavy (non-hydrogen) atoms. The highest BCUT2D eigenvalue weighted by atomic mass is 32.3. The zero-order valence-electron chi connectivity index (χ0n) is 22.8. The first-order chi connectivity index (χ1) is 19.4. The second kappa shape index (κ2) is 10.5. The van der Waals surface area contributed by atoms with E-state index in [1.807, 2.05) is 19.1 Å². The molecule has 0 aliphatic rings. The standard InChI is InChI=1S/C31H27NO7S2/c1-20-9-13-25(14-10-20)40(34,35)32(41(36,37)26-15-11-21(2)12-16-26)24-17-23-18-28(27-8-6-5-7-22(27)3)31(33)39-30(23)29(19-24)38-4/h5-19H,1-4H3. The van der Waals surface area contributed by atoms with Crippen molar-refractivity contribution in [3.8, 4) is 16.9 Å². The van der Waals surface area contributed by atoms with Gasteiger partial charge in [0.15, 0.2) is 11.3 Å². The van der Waals surface area contributed by atoms with E-state index in [2.05, 4.69) is 0 Å². The largest absolute Gasteiger partial charge is 0.493 e. The minimum absolute atomic E-state index is 0.00542. The third-order valence-electron chi connectivity index (χ3n) is 6.72. The van der Waals surface area contributed by atoms with Gasteiger partial charge >= 0.3 is 5.63 Å². The Morgan fingerprint density at radius 3 is 1.73 bits per heavy atom. The second-order valence-corrected chi connectivity index (χ2v) is 13.5. The maximum Gasteiger partial charge on any atom is 0.344 e. The van der Waals surface area contributed by atoms with Gasteiger partial charge in [-0.05, 0) is 68.3 Å². The predicted molar refractivity (Wildman–Crippen MR) is 158 cm³/mol. The summed E-state index contributed by atoms with van der Waals surface area (Å²) in [5.74, 6) is -0.00542. The van der Waals surface area contributed by atoms with E-state index in [1.165, 1.54) is 43.5 Å². The lowest BCUT2D eigenvalue weighted by Gasteiger charge is -2.25. The van der Waals surface area contributed by atoms with E-state index in [-0.39, 0.29) is 37.8 Å². The summed E-state index contributed by atoms with van der Waals surface area (Å²) in [6.45, 7) is 5.44. The number of hydrogen-bond acceptors (Lipinski definition) is 7. The van der Waals surface area contributed by atoms with Crippen molar-refractivity contribution in [2.75, 3.05) is 10.8 Å². The number of aryl methyl sites for hydroxylation is 3.